The molecule has 1 N–H and O–H groups in total. The Hall–Kier alpha value is -2.98. The summed E-state index contributed by atoms with van der Waals surface area (Å²) in [5, 5.41) is 11.5. The van der Waals surface area contributed by atoms with Gasteiger partial charge in [0.15, 0.2) is 0 Å². The number of hydrogen-bond acceptors (Lipinski definition) is 6. The molecule has 2 atom stereocenters. The lowest BCUT2D eigenvalue weighted by molar-refractivity contribution is -0.120. The normalized spacial score (nSPS) is 23.1. The molecule has 1 aromatic heterocycles. The maximum Gasteiger partial charge on any atom is 0.291 e. The van der Waals surface area contributed by atoms with E-state index in [2.05, 4.69) is 27.3 Å². The van der Waals surface area contributed by atoms with Crippen LogP contribution >= 0.6 is 0 Å². The number of rotatable bonds is 7. The Morgan fingerprint density at radius 2 is 2.00 bits per heavy atom. The highest BCUT2D eigenvalue weighted by atomic mass is 19.3. The lowest BCUT2D eigenvalue weighted by Crippen LogP contribution is -2.60. The maximum absolute atomic E-state index is 14.7. The van der Waals surface area contributed by atoms with E-state index in [0.717, 1.165) is 11.1 Å². The molecule has 1 fully saturated rings. The Labute approximate surface area is 222 Å². The van der Waals surface area contributed by atoms with E-state index >= 15 is 0 Å². The number of nitrogens with one attached hydrogen (secondary N) is 1. The highest BCUT2D eigenvalue weighted by molar-refractivity contribution is 5.98. The molecule has 38 heavy (non-hydrogen) atoms. The first-order chi connectivity index (χ1) is 18.0. The molecule has 10 heteroatoms. The van der Waals surface area contributed by atoms with Gasteiger partial charge in [0.25, 0.3) is 11.8 Å². The quantitative estimate of drug-likeness (QED) is 0.596. The molecule has 4 heterocycles. The number of amides is 2. The van der Waals surface area contributed by atoms with Gasteiger partial charge in [0.1, 0.15) is 5.69 Å². The van der Waals surface area contributed by atoms with E-state index in [9.17, 15) is 18.4 Å². The van der Waals surface area contributed by atoms with Crippen LogP contribution in [0.25, 0.3) is 0 Å². The van der Waals surface area contributed by atoms with E-state index in [-0.39, 0.29) is 36.9 Å². The van der Waals surface area contributed by atoms with Crippen molar-refractivity contribution in [3.63, 3.8) is 0 Å². The van der Waals surface area contributed by atoms with Crippen molar-refractivity contribution in [2.24, 2.45) is 0 Å². The van der Waals surface area contributed by atoms with Crippen LogP contribution in [0.1, 0.15) is 67.8 Å². The van der Waals surface area contributed by atoms with Crippen LogP contribution in [0.2, 0.25) is 0 Å². The molecule has 0 aliphatic carbocycles. The molecule has 0 bridgehead atoms. The average Bonchev–Trinajstić information content (AvgIpc) is 3.33. The van der Waals surface area contributed by atoms with Crippen molar-refractivity contribution in [2.45, 2.75) is 70.5 Å². The van der Waals surface area contributed by atoms with Gasteiger partial charge < -0.3 is 15.1 Å². The van der Waals surface area contributed by atoms with E-state index in [1.54, 1.807) is 11.8 Å². The van der Waals surface area contributed by atoms with E-state index in [0.29, 0.717) is 50.5 Å². The number of benzene rings is 1. The molecule has 0 spiro atoms. The van der Waals surface area contributed by atoms with Gasteiger partial charge in [-0.2, -0.15) is 13.9 Å². The minimum Gasteiger partial charge on any atom is -0.333 e. The molecular weight excluding hydrogens is 490 g/mol. The largest absolute Gasteiger partial charge is 0.333 e. The van der Waals surface area contributed by atoms with Gasteiger partial charge in [0.05, 0.1) is 17.9 Å². The summed E-state index contributed by atoms with van der Waals surface area (Å²) in [5.74, 6) is -3.25. The maximum atomic E-state index is 14.7. The zero-order valence-electron chi connectivity index (χ0n) is 22.5. The fourth-order valence-electron chi connectivity index (χ4n) is 5.85. The lowest BCUT2D eigenvalue weighted by atomic mass is 9.91. The van der Waals surface area contributed by atoms with Crippen molar-refractivity contribution in [3.8, 4) is 0 Å². The summed E-state index contributed by atoms with van der Waals surface area (Å²) in [7, 11) is 0. The summed E-state index contributed by atoms with van der Waals surface area (Å²) in [6.07, 6.45) is -0.00961. The third-order valence-electron chi connectivity index (χ3n) is 7.89. The number of carbonyl (C=O) groups excluding carboxylic acids is 2. The number of piperazine rings is 1. The number of carbonyl (C=O) groups is 2. The van der Waals surface area contributed by atoms with E-state index in [4.69, 9.17) is 0 Å². The Morgan fingerprint density at radius 3 is 2.74 bits per heavy atom. The van der Waals surface area contributed by atoms with Crippen molar-refractivity contribution >= 4 is 17.5 Å². The SMILES string of the molecule is CCCC(F)(F)c1cc2c(nn1)C(C)(C)CN2C(=O)CN1CC(C)NCC1CN1Cc2ccccc2C1=O. The predicted molar refractivity (Wildman–Crippen MR) is 140 cm³/mol. The molecule has 1 aromatic carbocycles. The van der Waals surface area contributed by atoms with Crippen LogP contribution in [0.4, 0.5) is 14.5 Å². The second-order valence-corrected chi connectivity index (χ2v) is 11.5. The van der Waals surface area contributed by atoms with Gasteiger partial charge in [0, 0.05) is 62.2 Å². The first-order valence-electron chi connectivity index (χ1n) is 13.4. The minimum atomic E-state index is -3.10. The molecule has 2 aromatic rings. The van der Waals surface area contributed by atoms with Gasteiger partial charge in [-0.1, -0.05) is 45.4 Å². The third-order valence-corrected chi connectivity index (χ3v) is 7.89. The monoisotopic (exact) mass is 526 g/mol. The van der Waals surface area contributed by atoms with Crippen molar-refractivity contribution < 1.29 is 18.4 Å². The van der Waals surface area contributed by atoms with Crippen LogP contribution in [0.15, 0.2) is 30.3 Å². The highest BCUT2D eigenvalue weighted by Gasteiger charge is 2.43. The summed E-state index contributed by atoms with van der Waals surface area (Å²) in [6.45, 7) is 10.5. The summed E-state index contributed by atoms with van der Waals surface area (Å²) >= 11 is 0. The standard InChI is InChI=1S/C28H36F2N6O2/c1-5-10-28(29,30)23-11-22-25(33-32-23)27(3,4)17-36(22)24(37)16-34-13-18(2)31-12-20(34)15-35-14-19-8-6-7-9-21(19)26(35)38/h6-9,11,18,20,31H,5,10,12-17H2,1-4H3. The summed E-state index contributed by atoms with van der Waals surface area (Å²) in [4.78, 5) is 32.3. The molecule has 5 rings (SSSR count). The van der Waals surface area contributed by atoms with Gasteiger partial charge in [-0.25, -0.2) is 0 Å². The lowest BCUT2D eigenvalue weighted by Gasteiger charge is -2.41. The fourth-order valence-corrected chi connectivity index (χ4v) is 5.85. The highest BCUT2D eigenvalue weighted by Crippen LogP contribution is 2.42. The number of hydrogen-bond donors (Lipinski definition) is 1. The number of halogens is 2. The van der Waals surface area contributed by atoms with Crippen LogP contribution in [0, 0.1) is 0 Å². The molecule has 0 saturated carbocycles. The van der Waals surface area contributed by atoms with Gasteiger partial charge in [-0.3, -0.25) is 14.5 Å². The van der Waals surface area contributed by atoms with Crippen LogP contribution < -0.4 is 10.2 Å². The van der Waals surface area contributed by atoms with E-state index < -0.39 is 17.0 Å². The molecule has 204 valence electrons. The van der Waals surface area contributed by atoms with E-state index in [1.165, 1.54) is 6.07 Å². The summed E-state index contributed by atoms with van der Waals surface area (Å²) in [5.41, 5.74) is 1.85. The van der Waals surface area contributed by atoms with Crippen LogP contribution in [0.3, 0.4) is 0 Å². The second-order valence-electron chi connectivity index (χ2n) is 11.5. The fraction of sp³-hybridized carbons (Fsp3) is 0.571. The molecule has 8 nitrogen and oxygen atoms in total. The van der Waals surface area contributed by atoms with Gasteiger partial charge in [-0.15, -0.1) is 5.10 Å². The van der Waals surface area contributed by atoms with Gasteiger partial charge in [0.2, 0.25) is 5.91 Å². The number of fused-ring (bicyclic) bond motifs is 2. The van der Waals surface area contributed by atoms with Gasteiger partial charge >= 0.3 is 0 Å². The number of nitrogens with zero attached hydrogens (tertiary/aromatic N) is 5. The Kier molecular flexibility index (Phi) is 6.98. The first-order valence-corrected chi connectivity index (χ1v) is 13.4. The molecule has 1 saturated heterocycles. The molecule has 0 radical (unpaired) electrons. The van der Waals surface area contributed by atoms with Crippen molar-refractivity contribution in [1.29, 1.82) is 0 Å². The summed E-state index contributed by atoms with van der Waals surface area (Å²) < 4.78 is 29.4. The number of anilines is 1. The molecule has 2 unspecified atom stereocenters. The van der Waals surface area contributed by atoms with E-state index in [1.807, 2.05) is 43.0 Å². The van der Waals surface area contributed by atoms with Gasteiger partial charge in [-0.05, 0) is 24.6 Å². The van der Waals surface area contributed by atoms with Crippen LogP contribution in [-0.2, 0) is 22.7 Å². The van der Waals surface area contributed by atoms with Crippen molar-refractivity contribution in [3.05, 3.63) is 52.8 Å². The summed E-state index contributed by atoms with van der Waals surface area (Å²) in [6, 6.07) is 9.12. The Morgan fingerprint density at radius 1 is 1.24 bits per heavy atom. The average molecular weight is 527 g/mol. The topological polar surface area (TPSA) is 81.7 Å². The number of alkyl halides is 2. The zero-order valence-corrected chi connectivity index (χ0v) is 22.5. The van der Waals surface area contributed by atoms with Crippen molar-refractivity contribution in [1.82, 2.24) is 25.3 Å². The number of aromatic nitrogens is 2. The third kappa shape index (κ3) is 4.91. The minimum absolute atomic E-state index is 0.0137. The Bertz CT molecular complexity index is 1240. The zero-order chi connectivity index (χ0) is 27.2. The molecule has 3 aliphatic heterocycles. The Balaban J connectivity index is 1.35. The first kappa shape index (κ1) is 26.6. The molecule has 3 aliphatic rings. The smallest absolute Gasteiger partial charge is 0.291 e. The van der Waals surface area contributed by atoms with Crippen molar-refractivity contribution in [2.75, 3.05) is 37.6 Å². The molecular formula is C28H36F2N6O2. The molecule has 2 amide bonds. The second kappa shape index (κ2) is 9.96. The predicted octanol–water partition coefficient (Wildman–Crippen LogP) is 3.31. The van der Waals surface area contributed by atoms with Crippen LogP contribution in [0.5, 0.6) is 0 Å². The van der Waals surface area contributed by atoms with Crippen LogP contribution in [-0.4, -0.2) is 76.6 Å².